The van der Waals surface area contributed by atoms with Crippen molar-refractivity contribution >= 4 is 11.7 Å². The van der Waals surface area contributed by atoms with Gasteiger partial charge in [-0.1, -0.05) is 12.1 Å². The van der Waals surface area contributed by atoms with Crippen molar-refractivity contribution in [2.75, 3.05) is 24.6 Å². The fourth-order valence-electron chi connectivity index (χ4n) is 2.21. The Kier molecular flexibility index (Phi) is 5.89. The molecule has 1 heterocycles. The van der Waals surface area contributed by atoms with Crippen LogP contribution in [0.3, 0.4) is 0 Å². The fraction of sp³-hybridized carbons (Fsp3) is 0.353. The number of hydrogen-bond donors (Lipinski definition) is 0. The molecule has 0 fully saturated rings. The predicted molar refractivity (Wildman–Crippen MR) is 86.0 cm³/mol. The number of nitrogens with zero attached hydrogens (tertiary/aromatic N) is 3. The smallest absolute Gasteiger partial charge is 0.341 e. The Bertz CT molecular complexity index is 581. The molecule has 1 aromatic heterocycles. The van der Waals surface area contributed by atoms with Crippen LogP contribution in [0.2, 0.25) is 0 Å². The zero-order chi connectivity index (χ0) is 15.8. The fourth-order valence-corrected chi connectivity index (χ4v) is 2.21. The van der Waals surface area contributed by atoms with Gasteiger partial charge in [-0.15, -0.1) is 0 Å². The predicted octanol–water partition coefficient (Wildman–Crippen LogP) is 2.72. The van der Waals surface area contributed by atoms with Crippen molar-refractivity contribution in [2.24, 2.45) is 0 Å². The number of rotatable bonds is 7. The van der Waals surface area contributed by atoms with Crippen LogP contribution < -0.4 is 4.90 Å². The molecule has 0 aliphatic rings. The minimum Gasteiger partial charge on any atom is -0.462 e. The van der Waals surface area contributed by atoms with Gasteiger partial charge in [0.05, 0.1) is 12.2 Å². The van der Waals surface area contributed by atoms with Crippen LogP contribution in [0, 0.1) is 0 Å². The highest BCUT2D eigenvalue weighted by Gasteiger charge is 2.07. The highest BCUT2D eigenvalue weighted by atomic mass is 16.5. The number of carbonyl (C=O) groups is 1. The first-order valence-electron chi connectivity index (χ1n) is 7.50. The van der Waals surface area contributed by atoms with E-state index in [-0.39, 0.29) is 5.97 Å². The van der Waals surface area contributed by atoms with Crippen molar-refractivity contribution < 1.29 is 9.53 Å². The van der Waals surface area contributed by atoms with Crippen molar-refractivity contribution in [3.05, 3.63) is 54.1 Å². The normalized spacial score (nSPS) is 10.3. The average molecular weight is 299 g/mol. The molecule has 2 rings (SSSR count). The van der Waals surface area contributed by atoms with Crippen LogP contribution in [0.1, 0.15) is 29.8 Å². The molecule has 0 amide bonds. The van der Waals surface area contributed by atoms with Gasteiger partial charge in [0.15, 0.2) is 0 Å². The first-order valence-corrected chi connectivity index (χ1v) is 7.50. The number of ether oxygens (including phenoxy) is 1. The third-order valence-corrected chi connectivity index (χ3v) is 3.49. The van der Waals surface area contributed by atoms with Crippen LogP contribution >= 0.6 is 0 Å². The number of benzene rings is 1. The number of aromatic nitrogens is 2. The summed E-state index contributed by atoms with van der Waals surface area (Å²) in [6.45, 7) is 6.62. The second kappa shape index (κ2) is 8.12. The van der Waals surface area contributed by atoms with Gasteiger partial charge in [-0.3, -0.25) is 0 Å². The monoisotopic (exact) mass is 299 g/mol. The van der Waals surface area contributed by atoms with Gasteiger partial charge >= 0.3 is 5.97 Å². The third kappa shape index (κ3) is 4.28. The minimum atomic E-state index is -0.389. The molecule has 5 nitrogen and oxygen atoms in total. The molecular weight excluding hydrogens is 278 g/mol. The maximum Gasteiger partial charge on any atom is 0.341 e. The lowest BCUT2D eigenvalue weighted by molar-refractivity contribution is 0.0508. The van der Waals surface area contributed by atoms with Crippen LogP contribution in [0.4, 0.5) is 5.69 Å². The molecule has 0 saturated carbocycles. The number of esters is 1. The van der Waals surface area contributed by atoms with Gasteiger partial charge in [0, 0.05) is 37.6 Å². The zero-order valence-electron chi connectivity index (χ0n) is 13.0. The molecule has 22 heavy (non-hydrogen) atoms. The Hall–Kier alpha value is -2.43. The number of hydrogen-bond acceptors (Lipinski definition) is 5. The summed E-state index contributed by atoms with van der Waals surface area (Å²) in [4.78, 5) is 21.6. The summed E-state index contributed by atoms with van der Waals surface area (Å²) < 4.78 is 5.22. The van der Waals surface area contributed by atoms with Crippen molar-refractivity contribution in [2.45, 2.75) is 20.3 Å². The molecule has 0 N–H and O–H groups in total. The van der Waals surface area contributed by atoms with Gasteiger partial charge in [0.2, 0.25) is 0 Å². The second-order valence-corrected chi connectivity index (χ2v) is 4.85. The van der Waals surface area contributed by atoms with Crippen LogP contribution in [0.5, 0.6) is 0 Å². The van der Waals surface area contributed by atoms with E-state index in [1.165, 1.54) is 24.4 Å². The quantitative estimate of drug-likeness (QED) is 0.736. The minimum absolute atomic E-state index is 0.346. The summed E-state index contributed by atoms with van der Waals surface area (Å²) in [5, 5.41) is 0. The van der Waals surface area contributed by atoms with E-state index in [9.17, 15) is 4.79 Å². The Morgan fingerprint density at radius 2 is 1.73 bits per heavy atom. The Morgan fingerprint density at radius 1 is 1.09 bits per heavy atom. The molecule has 0 aliphatic carbocycles. The molecule has 5 heteroatoms. The van der Waals surface area contributed by atoms with E-state index in [0.29, 0.717) is 18.6 Å². The van der Waals surface area contributed by atoms with Crippen LogP contribution in [0.25, 0.3) is 0 Å². The van der Waals surface area contributed by atoms with Crippen molar-refractivity contribution in [3.63, 3.8) is 0 Å². The summed E-state index contributed by atoms with van der Waals surface area (Å²) in [7, 11) is 0. The SMILES string of the molecule is CCN(CC)c1ccc(CCOC(=O)c2cncnc2)cc1. The summed E-state index contributed by atoms with van der Waals surface area (Å²) >= 11 is 0. The molecule has 0 atom stereocenters. The Labute approximate surface area is 131 Å². The molecule has 0 spiro atoms. The van der Waals surface area contributed by atoms with Crippen LogP contribution in [-0.2, 0) is 11.2 Å². The molecule has 0 saturated heterocycles. The standard InChI is InChI=1S/C17H21N3O2/c1-3-20(4-2)16-7-5-14(6-8-16)9-10-22-17(21)15-11-18-13-19-12-15/h5-8,11-13H,3-4,9-10H2,1-2H3. The molecule has 0 bridgehead atoms. The topological polar surface area (TPSA) is 55.3 Å². The number of anilines is 1. The lowest BCUT2D eigenvalue weighted by Crippen LogP contribution is -2.21. The van der Waals surface area contributed by atoms with Gasteiger partial charge in [-0.05, 0) is 31.5 Å². The van der Waals surface area contributed by atoms with Gasteiger partial charge in [0.25, 0.3) is 0 Å². The first-order chi connectivity index (χ1) is 10.7. The average Bonchev–Trinajstić information content (AvgIpc) is 2.58. The first kappa shape index (κ1) is 15.9. The van der Waals surface area contributed by atoms with Crippen molar-refractivity contribution in [1.29, 1.82) is 0 Å². The Balaban J connectivity index is 1.83. The van der Waals surface area contributed by atoms with E-state index in [4.69, 9.17) is 4.74 Å². The lowest BCUT2D eigenvalue weighted by atomic mass is 10.1. The van der Waals surface area contributed by atoms with Gasteiger partial charge in [0.1, 0.15) is 6.33 Å². The molecule has 2 aromatic rings. The zero-order valence-corrected chi connectivity index (χ0v) is 13.0. The Morgan fingerprint density at radius 3 is 2.32 bits per heavy atom. The highest BCUT2D eigenvalue weighted by Crippen LogP contribution is 2.15. The summed E-state index contributed by atoms with van der Waals surface area (Å²) in [5.41, 5.74) is 2.74. The van der Waals surface area contributed by atoms with Crippen LogP contribution in [0.15, 0.2) is 43.0 Å². The maximum absolute atomic E-state index is 11.7. The van der Waals surface area contributed by atoms with Gasteiger partial charge < -0.3 is 9.64 Å². The van der Waals surface area contributed by atoms with Gasteiger partial charge in [-0.25, -0.2) is 14.8 Å². The van der Waals surface area contributed by atoms with E-state index >= 15 is 0 Å². The van der Waals surface area contributed by atoms with Crippen molar-refractivity contribution in [3.8, 4) is 0 Å². The van der Waals surface area contributed by atoms with Gasteiger partial charge in [-0.2, -0.15) is 0 Å². The lowest BCUT2D eigenvalue weighted by Gasteiger charge is -2.21. The summed E-state index contributed by atoms with van der Waals surface area (Å²) in [6.07, 6.45) is 4.98. The molecule has 0 aliphatic heterocycles. The van der Waals surface area contributed by atoms with E-state index < -0.39 is 0 Å². The largest absolute Gasteiger partial charge is 0.462 e. The third-order valence-electron chi connectivity index (χ3n) is 3.49. The molecule has 0 radical (unpaired) electrons. The summed E-state index contributed by atoms with van der Waals surface area (Å²) in [5.74, 6) is -0.389. The summed E-state index contributed by atoms with van der Waals surface area (Å²) in [6, 6.07) is 8.37. The van der Waals surface area contributed by atoms with E-state index in [2.05, 4.69) is 53.0 Å². The molecular formula is C17H21N3O2. The van der Waals surface area contributed by atoms with E-state index in [1.54, 1.807) is 0 Å². The van der Waals surface area contributed by atoms with Crippen molar-refractivity contribution in [1.82, 2.24) is 9.97 Å². The number of carbonyl (C=O) groups excluding carboxylic acids is 1. The molecule has 116 valence electrons. The van der Waals surface area contributed by atoms with E-state index in [1.807, 2.05) is 0 Å². The van der Waals surface area contributed by atoms with E-state index in [0.717, 1.165) is 18.7 Å². The second-order valence-electron chi connectivity index (χ2n) is 4.85. The van der Waals surface area contributed by atoms with Crippen LogP contribution in [-0.4, -0.2) is 35.6 Å². The molecule has 0 unspecified atom stereocenters. The highest BCUT2D eigenvalue weighted by molar-refractivity contribution is 5.88. The maximum atomic E-state index is 11.7. The molecule has 1 aromatic carbocycles.